The monoisotopic (exact) mass is 368 g/mol. The van der Waals surface area contributed by atoms with Crippen molar-refractivity contribution in [2.45, 2.75) is 45.8 Å². The quantitative estimate of drug-likeness (QED) is 0.638. The first-order valence-corrected chi connectivity index (χ1v) is 8.91. The number of ether oxygens (including phenoxy) is 2. The smallest absolute Gasteiger partial charge is 0.330 e. The van der Waals surface area contributed by atoms with Gasteiger partial charge in [-0.2, -0.15) is 0 Å². The van der Waals surface area contributed by atoms with Crippen molar-refractivity contribution in [3.63, 3.8) is 0 Å². The van der Waals surface area contributed by atoms with Gasteiger partial charge >= 0.3 is 5.69 Å². The van der Waals surface area contributed by atoms with E-state index in [1.165, 1.54) is 9.47 Å². The van der Waals surface area contributed by atoms with Crippen molar-refractivity contribution < 1.29 is 14.3 Å². The summed E-state index contributed by atoms with van der Waals surface area (Å²) in [6.07, 6.45) is 1.32. The van der Waals surface area contributed by atoms with E-state index in [1.54, 1.807) is 7.11 Å². The van der Waals surface area contributed by atoms with Crippen molar-refractivity contribution in [3.8, 4) is 0 Å². The van der Waals surface area contributed by atoms with Gasteiger partial charge in [-0.3, -0.25) is 19.1 Å². The molecule has 0 radical (unpaired) electrons. The molecule has 1 amide bonds. The highest BCUT2D eigenvalue weighted by Crippen LogP contribution is 2.22. The number of amides is 1. The average Bonchev–Trinajstić information content (AvgIpc) is 3.11. The lowest BCUT2D eigenvalue weighted by Crippen LogP contribution is -2.45. The van der Waals surface area contributed by atoms with Crippen LogP contribution in [0.4, 0.5) is 11.5 Å². The van der Waals surface area contributed by atoms with Crippen molar-refractivity contribution in [2.75, 3.05) is 37.5 Å². The summed E-state index contributed by atoms with van der Waals surface area (Å²) in [5.74, 6) is -0.175. The second kappa shape index (κ2) is 9.00. The topological polar surface area (TPSA) is 120 Å². The van der Waals surface area contributed by atoms with Crippen molar-refractivity contribution in [3.05, 3.63) is 20.8 Å². The molecule has 0 spiro atoms. The van der Waals surface area contributed by atoms with Crippen molar-refractivity contribution in [2.24, 2.45) is 5.92 Å². The number of nitrogens with zero attached hydrogens (tertiary/aromatic N) is 2. The van der Waals surface area contributed by atoms with Crippen molar-refractivity contribution >= 4 is 17.4 Å². The van der Waals surface area contributed by atoms with Crippen LogP contribution in [-0.4, -0.2) is 48.4 Å². The van der Waals surface area contributed by atoms with Crippen LogP contribution in [-0.2, 0) is 20.8 Å². The summed E-state index contributed by atoms with van der Waals surface area (Å²) in [7, 11) is 1.57. The Morgan fingerprint density at radius 2 is 2.19 bits per heavy atom. The fourth-order valence-corrected chi connectivity index (χ4v) is 3.03. The molecule has 0 aliphatic carbocycles. The lowest BCUT2D eigenvalue weighted by atomic mass is 10.2. The number of methoxy groups -OCH3 is 1. The van der Waals surface area contributed by atoms with E-state index in [0.717, 1.165) is 6.42 Å². The summed E-state index contributed by atoms with van der Waals surface area (Å²) >= 11 is 0. The highest BCUT2D eigenvalue weighted by atomic mass is 16.5. The molecule has 0 bridgehead atoms. The molecule has 0 saturated carbocycles. The molecule has 1 aromatic rings. The molecular weight excluding hydrogens is 340 g/mol. The SMILES string of the molecule is COCCCN(C(=O)[C@H]1CCCO1)c1c(N)n(CC(C)C)c(=O)[nH]c1=O. The highest BCUT2D eigenvalue weighted by Gasteiger charge is 2.32. The largest absolute Gasteiger partial charge is 0.385 e. The summed E-state index contributed by atoms with van der Waals surface area (Å²) in [5.41, 5.74) is 4.91. The first-order chi connectivity index (χ1) is 12.4. The lowest BCUT2D eigenvalue weighted by Gasteiger charge is -2.26. The normalized spacial score (nSPS) is 17.0. The van der Waals surface area contributed by atoms with E-state index in [4.69, 9.17) is 15.2 Å². The van der Waals surface area contributed by atoms with Gasteiger partial charge in [-0.1, -0.05) is 13.8 Å². The minimum atomic E-state index is -0.670. The number of aromatic nitrogens is 2. The Bertz CT molecular complexity index is 734. The number of anilines is 2. The summed E-state index contributed by atoms with van der Waals surface area (Å²) in [5, 5.41) is 0. The van der Waals surface area contributed by atoms with E-state index in [2.05, 4.69) is 4.98 Å². The molecule has 0 unspecified atom stereocenters. The second-order valence-electron chi connectivity index (χ2n) is 6.84. The summed E-state index contributed by atoms with van der Waals surface area (Å²) in [6.45, 7) is 5.41. The second-order valence-corrected chi connectivity index (χ2v) is 6.84. The number of hydrogen-bond donors (Lipinski definition) is 2. The van der Waals surface area contributed by atoms with Crippen LogP contribution in [0, 0.1) is 5.92 Å². The number of aromatic amines is 1. The Labute approximate surface area is 152 Å². The minimum absolute atomic E-state index is 0.00172. The molecule has 0 aromatic carbocycles. The molecule has 2 rings (SSSR count). The molecule has 146 valence electrons. The van der Waals surface area contributed by atoms with Crippen LogP contribution in [0.3, 0.4) is 0 Å². The van der Waals surface area contributed by atoms with E-state index in [1.807, 2.05) is 13.8 Å². The third kappa shape index (κ3) is 4.53. The molecule has 9 nitrogen and oxygen atoms in total. The Morgan fingerprint density at radius 1 is 1.46 bits per heavy atom. The van der Waals surface area contributed by atoms with Crippen molar-refractivity contribution in [1.29, 1.82) is 0 Å². The molecular formula is C17H28N4O5. The third-order valence-electron chi connectivity index (χ3n) is 4.23. The molecule has 9 heteroatoms. The van der Waals surface area contributed by atoms with Gasteiger partial charge in [0.1, 0.15) is 11.9 Å². The minimum Gasteiger partial charge on any atom is -0.385 e. The van der Waals surface area contributed by atoms with Crippen LogP contribution in [0.1, 0.15) is 33.1 Å². The summed E-state index contributed by atoms with van der Waals surface area (Å²) in [4.78, 5) is 41.2. The first-order valence-electron chi connectivity index (χ1n) is 8.91. The molecule has 3 N–H and O–H groups in total. The van der Waals surface area contributed by atoms with Crippen LogP contribution in [0.15, 0.2) is 9.59 Å². The van der Waals surface area contributed by atoms with Gasteiger partial charge in [-0.15, -0.1) is 0 Å². The van der Waals surface area contributed by atoms with E-state index >= 15 is 0 Å². The fraction of sp³-hybridized carbons (Fsp3) is 0.706. The van der Waals surface area contributed by atoms with Gasteiger partial charge in [0.15, 0.2) is 5.69 Å². The molecule has 1 aromatic heterocycles. The number of nitrogen functional groups attached to an aromatic ring is 1. The van der Waals surface area contributed by atoms with Crippen molar-refractivity contribution in [1.82, 2.24) is 9.55 Å². The maximum absolute atomic E-state index is 12.9. The van der Waals surface area contributed by atoms with Crippen LogP contribution in [0.2, 0.25) is 0 Å². The van der Waals surface area contributed by atoms with Gasteiger partial charge in [0.25, 0.3) is 11.5 Å². The van der Waals surface area contributed by atoms with Gasteiger partial charge < -0.3 is 20.1 Å². The Balaban J connectivity index is 2.46. The number of rotatable bonds is 8. The molecule has 1 atom stereocenters. The maximum Gasteiger partial charge on any atom is 0.330 e. The predicted octanol–water partition coefficient (Wildman–Crippen LogP) is 0.323. The van der Waals surface area contributed by atoms with Gasteiger partial charge in [-0.25, -0.2) is 4.79 Å². The van der Waals surface area contributed by atoms with Crippen LogP contribution < -0.4 is 21.9 Å². The molecule has 1 fully saturated rings. The van der Waals surface area contributed by atoms with Gasteiger partial charge in [-0.05, 0) is 25.2 Å². The van der Waals surface area contributed by atoms with E-state index in [0.29, 0.717) is 32.6 Å². The number of nitrogens with two attached hydrogens (primary N) is 1. The highest BCUT2D eigenvalue weighted by molar-refractivity contribution is 5.98. The fourth-order valence-electron chi connectivity index (χ4n) is 3.03. The first kappa shape index (κ1) is 20.2. The third-order valence-corrected chi connectivity index (χ3v) is 4.23. The zero-order valence-corrected chi connectivity index (χ0v) is 15.6. The summed E-state index contributed by atoms with van der Waals surface area (Å²) < 4.78 is 11.8. The number of H-pyrrole nitrogens is 1. The lowest BCUT2D eigenvalue weighted by molar-refractivity contribution is -0.127. The standard InChI is InChI=1S/C17H28N4O5/c1-11(2)10-21-14(18)13(15(22)19-17(21)24)20(7-5-8-25-3)16(23)12-6-4-9-26-12/h11-12H,4-10,18H2,1-3H3,(H,19,22,24)/t12-/m1/s1. The summed E-state index contributed by atoms with van der Waals surface area (Å²) in [6, 6.07) is 0. The number of carbonyl (C=O) groups excluding carboxylic acids is 1. The maximum atomic E-state index is 12.9. The zero-order valence-electron chi connectivity index (χ0n) is 15.6. The number of hydrogen-bond acceptors (Lipinski definition) is 6. The van der Waals surface area contributed by atoms with E-state index in [9.17, 15) is 14.4 Å². The van der Waals surface area contributed by atoms with Gasteiger partial charge in [0, 0.05) is 33.4 Å². The number of nitrogens with one attached hydrogen (secondary N) is 1. The predicted molar refractivity (Wildman–Crippen MR) is 98.4 cm³/mol. The molecule has 1 aliphatic heterocycles. The van der Waals surface area contributed by atoms with Crippen LogP contribution in [0.25, 0.3) is 0 Å². The molecule has 1 saturated heterocycles. The van der Waals surface area contributed by atoms with Crippen LogP contribution >= 0.6 is 0 Å². The van der Waals surface area contributed by atoms with Gasteiger partial charge in [0.05, 0.1) is 0 Å². The van der Waals surface area contributed by atoms with Crippen LogP contribution in [0.5, 0.6) is 0 Å². The molecule has 2 heterocycles. The van der Waals surface area contributed by atoms with E-state index < -0.39 is 17.4 Å². The average molecular weight is 368 g/mol. The molecule has 1 aliphatic rings. The zero-order chi connectivity index (χ0) is 19.3. The Hall–Kier alpha value is -2.13. The van der Waals surface area contributed by atoms with Gasteiger partial charge in [0.2, 0.25) is 0 Å². The van der Waals surface area contributed by atoms with E-state index in [-0.39, 0.29) is 29.9 Å². The Morgan fingerprint density at radius 3 is 2.77 bits per heavy atom. The Kier molecular flexibility index (Phi) is 6.98. The number of carbonyl (C=O) groups is 1. The molecule has 26 heavy (non-hydrogen) atoms.